The SMILES string of the molecule is CC(C)CN(C(=O)C1CC(=O)N(Cc2ccco2)C1)C1CC1. The van der Waals surface area contributed by atoms with Gasteiger partial charge in [-0.05, 0) is 30.9 Å². The normalized spacial score (nSPS) is 21.7. The Bertz CT molecular complexity index is 534. The summed E-state index contributed by atoms with van der Waals surface area (Å²) in [7, 11) is 0. The minimum Gasteiger partial charge on any atom is -0.467 e. The zero-order valence-corrected chi connectivity index (χ0v) is 13.3. The van der Waals surface area contributed by atoms with E-state index in [9.17, 15) is 9.59 Å². The van der Waals surface area contributed by atoms with Gasteiger partial charge in [0.2, 0.25) is 11.8 Å². The molecule has 5 heteroatoms. The van der Waals surface area contributed by atoms with Gasteiger partial charge in [-0.1, -0.05) is 13.8 Å². The van der Waals surface area contributed by atoms with E-state index in [0.29, 0.717) is 31.5 Å². The fourth-order valence-electron chi connectivity index (χ4n) is 3.11. The van der Waals surface area contributed by atoms with Gasteiger partial charge < -0.3 is 14.2 Å². The number of amides is 2. The zero-order chi connectivity index (χ0) is 15.7. The van der Waals surface area contributed by atoms with Crippen LogP contribution in [0, 0.1) is 11.8 Å². The van der Waals surface area contributed by atoms with Gasteiger partial charge in [0.1, 0.15) is 5.76 Å². The standard InChI is InChI=1S/C17H24N2O3/c1-12(2)9-19(14-5-6-14)17(21)13-8-16(20)18(10-13)11-15-4-3-7-22-15/h3-4,7,12-14H,5-6,8-11H2,1-2H3. The summed E-state index contributed by atoms with van der Waals surface area (Å²) in [4.78, 5) is 28.7. The van der Waals surface area contributed by atoms with Crippen LogP contribution in [-0.4, -0.2) is 40.7 Å². The Balaban J connectivity index is 1.62. The summed E-state index contributed by atoms with van der Waals surface area (Å²) in [6.07, 6.45) is 4.15. The van der Waals surface area contributed by atoms with Gasteiger partial charge in [0.25, 0.3) is 0 Å². The minimum atomic E-state index is -0.193. The molecule has 0 spiro atoms. The Hall–Kier alpha value is -1.78. The van der Waals surface area contributed by atoms with Crippen molar-refractivity contribution in [3.8, 4) is 0 Å². The highest BCUT2D eigenvalue weighted by Gasteiger charge is 2.41. The van der Waals surface area contributed by atoms with Crippen molar-refractivity contribution in [2.75, 3.05) is 13.1 Å². The van der Waals surface area contributed by atoms with E-state index in [1.807, 2.05) is 17.0 Å². The molecule has 1 aliphatic heterocycles. The van der Waals surface area contributed by atoms with Crippen LogP contribution in [0.4, 0.5) is 0 Å². The lowest BCUT2D eigenvalue weighted by molar-refractivity contribution is -0.137. The van der Waals surface area contributed by atoms with Gasteiger partial charge >= 0.3 is 0 Å². The number of rotatable bonds is 6. The molecule has 22 heavy (non-hydrogen) atoms. The Kier molecular flexibility index (Phi) is 4.23. The summed E-state index contributed by atoms with van der Waals surface area (Å²) >= 11 is 0. The maximum absolute atomic E-state index is 12.8. The highest BCUT2D eigenvalue weighted by Crippen LogP contribution is 2.31. The second-order valence-corrected chi connectivity index (χ2v) is 6.87. The van der Waals surface area contributed by atoms with Crippen LogP contribution < -0.4 is 0 Å². The van der Waals surface area contributed by atoms with Crippen LogP contribution in [0.3, 0.4) is 0 Å². The molecule has 1 aliphatic carbocycles. The third-order valence-corrected chi connectivity index (χ3v) is 4.32. The fourth-order valence-corrected chi connectivity index (χ4v) is 3.11. The average molecular weight is 304 g/mol. The molecule has 0 N–H and O–H groups in total. The van der Waals surface area contributed by atoms with E-state index >= 15 is 0 Å². The Labute approximate surface area is 131 Å². The molecule has 3 rings (SSSR count). The van der Waals surface area contributed by atoms with Gasteiger partial charge in [-0.3, -0.25) is 9.59 Å². The highest BCUT2D eigenvalue weighted by atomic mass is 16.3. The average Bonchev–Trinajstić information content (AvgIpc) is 3.07. The van der Waals surface area contributed by atoms with Gasteiger partial charge in [-0.15, -0.1) is 0 Å². The molecule has 2 amide bonds. The quantitative estimate of drug-likeness (QED) is 0.810. The monoisotopic (exact) mass is 304 g/mol. The molecule has 0 aromatic carbocycles. The number of carbonyl (C=O) groups excluding carboxylic acids is 2. The highest BCUT2D eigenvalue weighted by molar-refractivity contribution is 5.89. The molecule has 1 atom stereocenters. The summed E-state index contributed by atoms with van der Waals surface area (Å²) in [5.41, 5.74) is 0. The molecule has 0 bridgehead atoms. The summed E-state index contributed by atoms with van der Waals surface area (Å²) in [5.74, 6) is 1.24. The van der Waals surface area contributed by atoms with Crippen LogP contribution in [0.1, 0.15) is 38.9 Å². The molecule has 120 valence electrons. The molecule has 0 radical (unpaired) electrons. The largest absolute Gasteiger partial charge is 0.467 e. The molecule has 5 nitrogen and oxygen atoms in total. The molecule has 1 aromatic rings. The van der Waals surface area contributed by atoms with E-state index in [-0.39, 0.29) is 17.7 Å². The van der Waals surface area contributed by atoms with E-state index in [1.54, 1.807) is 11.2 Å². The van der Waals surface area contributed by atoms with Gasteiger partial charge in [-0.2, -0.15) is 0 Å². The van der Waals surface area contributed by atoms with Gasteiger partial charge in [0, 0.05) is 25.6 Å². The summed E-state index contributed by atoms with van der Waals surface area (Å²) in [6.45, 7) is 6.03. The van der Waals surface area contributed by atoms with E-state index < -0.39 is 0 Å². The van der Waals surface area contributed by atoms with Crippen molar-refractivity contribution in [3.63, 3.8) is 0 Å². The maximum atomic E-state index is 12.8. The van der Waals surface area contributed by atoms with Crippen molar-refractivity contribution in [3.05, 3.63) is 24.2 Å². The van der Waals surface area contributed by atoms with Crippen LogP contribution in [0.2, 0.25) is 0 Å². The molecule has 2 aliphatic rings. The van der Waals surface area contributed by atoms with Crippen LogP contribution in [0.25, 0.3) is 0 Å². The lowest BCUT2D eigenvalue weighted by atomic mass is 10.1. The summed E-state index contributed by atoms with van der Waals surface area (Å²) in [5, 5.41) is 0. The Morgan fingerprint density at radius 1 is 1.45 bits per heavy atom. The first-order valence-electron chi connectivity index (χ1n) is 8.15. The lowest BCUT2D eigenvalue weighted by Crippen LogP contribution is -2.41. The number of furan rings is 1. The smallest absolute Gasteiger partial charge is 0.228 e. The summed E-state index contributed by atoms with van der Waals surface area (Å²) < 4.78 is 5.30. The van der Waals surface area contributed by atoms with Crippen LogP contribution >= 0.6 is 0 Å². The number of hydrogen-bond acceptors (Lipinski definition) is 3. The zero-order valence-electron chi connectivity index (χ0n) is 13.3. The van der Waals surface area contributed by atoms with Crippen LogP contribution in [0.5, 0.6) is 0 Å². The molecule has 1 unspecified atom stereocenters. The fraction of sp³-hybridized carbons (Fsp3) is 0.647. The maximum Gasteiger partial charge on any atom is 0.228 e. The van der Waals surface area contributed by atoms with Gasteiger partial charge in [0.15, 0.2) is 0 Å². The van der Waals surface area contributed by atoms with E-state index in [4.69, 9.17) is 4.42 Å². The first-order chi connectivity index (χ1) is 10.5. The molecule has 1 aromatic heterocycles. The van der Waals surface area contributed by atoms with Crippen LogP contribution in [-0.2, 0) is 16.1 Å². The molecule has 2 heterocycles. The first-order valence-corrected chi connectivity index (χ1v) is 8.15. The van der Waals surface area contributed by atoms with Gasteiger partial charge in [0.05, 0.1) is 18.7 Å². The van der Waals surface area contributed by atoms with E-state index in [1.165, 1.54) is 0 Å². The Morgan fingerprint density at radius 2 is 2.23 bits per heavy atom. The second-order valence-electron chi connectivity index (χ2n) is 6.87. The first kappa shape index (κ1) is 15.1. The number of hydrogen-bond donors (Lipinski definition) is 0. The summed E-state index contributed by atoms with van der Waals surface area (Å²) in [6, 6.07) is 4.08. The van der Waals surface area contributed by atoms with Crippen LogP contribution in [0.15, 0.2) is 22.8 Å². The topological polar surface area (TPSA) is 53.8 Å². The number of nitrogens with zero attached hydrogens (tertiary/aromatic N) is 2. The molecular formula is C17H24N2O3. The van der Waals surface area contributed by atoms with Crippen molar-refractivity contribution in [2.24, 2.45) is 11.8 Å². The number of likely N-dealkylation sites (tertiary alicyclic amines) is 1. The number of carbonyl (C=O) groups is 2. The second kappa shape index (κ2) is 6.15. The van der Waals surface area contributed by atoms with Gasteiger partial charge in [-0.25, -0.2) is 0 Å². The van der Waals surface area contributed by atoms with Crippen molar-refractivity contribution < 1.29 is 14.0 Å². The predicted octanol–water partition coefficient (Wildman–Crippen LogP) is 2.28. The minimum absolute atomic E-state index is 0.0510. The predicted molar refractivity (Wildman–Crippen MR) is 81.8 cm³/mol. The molecular weight excluding hydrogens is 280 g/mol. The van der Waals surface area contributed by atoms with E-state index in [0.717, 1.165) is 25.1 Å². The van der Waals surface area contributed by atoms with Crippen molar-refractivity contribution in [1.29, 1.82) is 0 Å². The third-order valence-electron chi connectivity index (χ3n) is 4.32. The molecule has 1 saturated heterocycles. The third kappa shape index (κ3) is 3.34. The van der Waals surface area contributed by atoms with Crippen molar-refractivity contribution in [2.45, 2.75) is 45.7 Å². The van der Waals surface area contributed by atoms with Crippen molar-refractivity contribution >= 4 is 11.8 Å². The van der Waals surface area contributed by atoms with Crippen molar-refractivity contribution in [1.82, 2.24) is 9.80 Å². The molecule has 1 saturated carbocycles. The lowest BCUT2D eigenvalue weighted by Gasteiger charge is -2.27. The molecule has 2 fully saturated rings. The Morgan fingerprint density at radius 3 is 2.82 bits per heavy atom. The van der Waals surface area contributed by atoms with E-state index in [2.05, 4.69) is 13.8 Å².